The van der Waals surface area contributed by atoms with Gasteiger partial charge >= 0.3 is 0 Å². The summed E-state index contributed by atoms with van der Waals surface area (Å²) in [5, 5.41) is 0. The third-order valence-electron chi connectivity index (χ3n) is 5.61. The molecule has 4 nitrogen and oxygen atoms in total. The average Bonchev–Trinajstić information content (AvgIpc) is 2.87. The fourth-order valence-corrected chi connectivity index (χ4v) is 3.88. The van der Waals surface area contributed by atoms with E-state index in [-0.39, 0.29) is 0 Å². The zero-order valence-electron chi connectivity index (χ0n) is 18.3. The summed E-state index contributed by atoms with van der Waals surface area (Å²) >= 11 is 0. The molecule has 0 spiro atoms. The first-order valence-corrected chi connectivity index (χ1v) is 10.5. The monoisotopic (exact) mass is 425 g/mol. The van der Waals surface area contributed by atoms with Crippen LogP contribution >= 0.6 is 0 Å². The quantitative estimate of drug-likeness (QED) is 0.287. The number of anilines is 1. The highest BCUT2D eigenvalue weighted by Gasteiger charge is 2.37. The van der Waals surface area contributed by atoms with Gasteiger partial charge in [-0.05, 0) is 58.7 Å². The van der Waals surface area contributed by atoms with Crippen molar-refractivity contribution in [3.05, 3.63) is 125 Å². The highest BCUT2D eigenvalue weighted by molar-refractivity contribution is 5.50. The molecule has 32 heavy (non-hydrogen) atoms. The molecule has 0 fully saturated rings. The van der Waals surface area contributed by atoms with Gasteiger partial charge in [-0.2, -0.15) is 0 Å². The Balaban J connectivity index is 1.88. The predicted molar refractivity (Wildman–Crippen MR) is 128 cm³/mol. The second-order valence-electron chi connectivity index (χ2n) is 7.53. The van der Waals surface area contributed by atoms with Crippen molar-refractivity contribution in [2.75, 3.05) is 20.0 Å². The molecule has 4 heteroatoms. The molecule has 0 atom stereocenters. The standard InChI is InChI=1S/C28H27NO3/c1-30-26-16-10-23(11-17-26)28(22-6-4-3-5-7-22,24-12-18-27(31-2)19-13-24)32-20-21-8-14-25(29)15-9-21/h3-19H,20,29H2,1-2H3. The van der Waals surface area contributed by atoms with E-state index in [1.165, 1.54) is 0 Å². The molecule has 0 saturated heterocycles. The van der Waals surface area contributed by atoms with Crippen LogP contribution in [0.1, 0.15) is 22.3 Å². The summed E-state index contributed by atoms with van der Waals surface area (Å²) in [5.41, 5.74) is 9.86. The van der Waals surface area contributed by atoms with Crippen LogP contribution < -0.4 is 15.2 Å². The molecule has 2 N–H and O–H groups in total. The lowest BCUT2D eigenvalue weighted by molar-refractivity contribution is 0.000200. The minimum Gasteiger partial charge on any atom is -0.497 e. The third kappa shape index (κ3) is 4.32. The third-order valence-corrected chi connectivity index (χ3v) is 5.61. The van der Waals surface area contributed by atoms with Gasteiger partial charge in [-0.3, -0.25) is 0 Å². The molecular weight excluding hydrogens is 398 g/mol. The van der Waals surface area contributed by atoms with E-state index in [0.717, 1.165) is 39.4 Å². The van der Waals surface area contributed by atoms with Crippen molar-refractivity contribution < 1.29 is 14.2 Å². The summed E-state index contributed by atoms with van der Waals surface area (Å²) in [5.74, 6) is 1.59. The molecule has 4 rings (SSSR count). The lowest BCUT2D eigenvalue weighted by Crippen LogP contribution is -2.32. The highest BCUT2D eigenvalue weighted by Crippen LogP contribution is 2.42. The van der Waals surface area contributed by atoms with Gasteiger partial charge in [0, 0.05) is 5.69 Å². The van der Waals surface area contributed by atoms with E-state index in [1.807, 2.05) is 66.7 Å². The number of rotatable bonds is 8. The van der Waals surface area contributed by atoms with E-state index in [0.29, 0.717) is 6.61 Å². The van der Waals surface area contributed by atoms with Gasteiger partial charge in [-0.15, -0.1) is 0 Å². The maximum absolute atomic E-state index is 6.84. The largest absolute Gasteiger partial charge is 0.497 e. The molecule has 0 aliphatic rings. The van der Waals surface area contributed by atoms with Crippen LogP contribution in [-0.2, 0) is 16.9 Å². The summed E-state index contributed by atoms with van der Waals surface area (Å²) in [6, 6.07) is 34.1. The van der Waals surface area contributed by atoms with Crippen LogP contribution in [-0.4, -0.2) is 14.2 Å². The number of methoxy groups -OCH3 is 2. The van der Waals surface area contributed by atoms with Gasteiger partial charge in [0.2, 0.25) is 0 Å². The molecule has 0 heterocycles. The van der Waals surface area contributed by atoms with E-state index in [2.05, 4.69) is 36.4 Å². The maximum atomic E-state index is 6.84. The van der Waals surface area contributed by atoms with Crippen LogP contribution in [0.3, 0.4) is 0 Å². The molecule has 0 aromatic heterocycles. The molecule has 0 amide bonds. The lowest BCUT2D eigenvalue weighted by Gasteiger charge is -2.36. The van der Waals surface area contributed by atoms with Crippen LogP contribution in [0.5, 0.6) is 11.5 Å². The van der Waals surface area contributed by atoms with Crippen molar-refractivity contribution in [3.63, 3.8) is 0 Å². The smallest absolute Gasteiger partial charge is 0.144 e. The Bertz CT molecular complexity index is 1070. The molecule has 0 bridgehead atoms. The number of nitrogens with two attached hydrogens (primary N) is 1. The van der Waals surface area contributed by atoms with Crippen molar-refractivity contribution in [3.8, 4) is 11.5 Å². The summed E-state index contributed by atoms with van der Waals surface area (Å²) in [6.45, 7) is 0.410. The fourth-order valence-electron chi connectivity index (χ4n) is 3.88. The highest BCUT2D eigenvalue weighted by atomic mass is 16.5. The molecular formula is C28H27NO3. The molecule has 0 radical (unpaired) electrons. The lowest BCUT2D eigenvalue weighted by atomic mass is 9.80. The summed E-state index contributed by atoms with van der Waals surface area (Å²) in [7, 11) is 3.33. The Morgan fingerprint density at radius 2 is 1.06 bits per heavy atom. The molecule has 4 aromatic rings. The van der Waals surface area contributed by atoms with Gasteiger partial charge in [-0.25, -0.2) is 0 Å². The molecule has 0 unspecified atom stereocenters. The van der Waals surface area contributed by atoms with Gasteiger partial charge in [0.05, 0.1) is 20.8 Å². The first kappa shape index (κ1) is 21.5. The topological polar surface area (TPSA) is 53.7 Å². The molecule has 162 valence electrons. The van der Waals surface area contributed by atoms with Crippen molar-refractivity contribution in [1.29, 1.82) is 0 Å². The Hall–Kier alpha value is -3.76. The van der Waals surface area contributed by atoms with Gasteiger partial charge < -0.3 is 19.9 Å². The number of benzene rings is 4. The van der Waals surface area contributed by atoms with Crippen molar-refractivity contribution in [2.45, 2.75) is 12.2 Å². The number of hydrogen-bond acceptors (Lipinski definition) is 4. The summed E-state index contributed by atoms with van der Waals surface area (Å²) in [6.07, 6.45) is 0. The molecule has 4 aromatic carbocycles. The van der Waals surface area contributed by atoms with E-state index in [1.54, 1.807) is 14.2 Å². The van der Waals surface area contributed by atoms with Gasteiger partial charge in [0.15, 0.2) is 0 Å². The Labute approximate surface area is 189 Å². The van der Waals surface area contributed by atoms with Crippen molar-refractivity contribution in [1.82, 2.24) is 0 Å². The Morgan fingerprint density at radius 1 is 0.594 bits per heavy atom. The maximum Gasteiger partial charge on any atom is 0.144 e. The second kappa shape index (κ2) is 9.58. The van der Waals surface area contributed by atoms with E-state index in [4.69, 9.17) is 19.9 Å². The van der Waals surface area contributed by atoms with Crippen LogP contribution in [0.2, 0.25) is 0 Å². The second-order valence-corrected chi connectivity index (χ2v) is 7.53. The summed E-state index contributed by atoms with van der Waals surface area (Å²) < 4.78 is 17.6. The molecule has 0 aliphatic carbocycles. The number of hydrogen-bond donors (Lipinski definition) is 1. The van der Waals surface area contributed by atoms with Gasteiger partial charge in [0.25, 0.3) is 0 Å². The van der Waals surface area contributed by atoms with Crippen LogP contribution in [0.4, 0.5) is 5.69 Å². The molecule has 0 aliphatic heterocycles. The van der Waals surface area contributed by atoms with E-state index < -0.39 is 5.60 Å². The number of ether oxygens (including phenoxy) is 3. The average molecular weight is 426 g/mol. The van der Waals surface area contributed by atoms with Crippen molar-refractivity contribution in [2.24, 2.45) is 0 Å². The van der Waals surface area contributed by atoms with Crippen molar-refractivity contribution >= 4 is 5.69 Å². The zero-order valence-corrected chi connectivity index (χ0v) is 18.3. The minimum atomic E-state index is -0.832. The number of nitrogen functional groups attached to an aromatic ring is 1. The van der Waals surface area contributed by atoms with Crippen LogP contribution in [0.15, 0.2) is 103 Å². The zero-order chi connectivity index (χ0) is 22.4. The first-order valence-electron chi connectivity index (χ1n) is 10.5. The first-order chi connectivity index (χ1) is 15.7. The predicted octanol–water partition coefficient (Wildman–Crippen LogP) is 5.79. The Kier molecular flexibility index (Phi) is 6.43. The molecule has 0 saturated carbocycles. The van der Waals surface area contributed by atoms with E-state index >= 15 is 0 Å². The van der Waals surface area contributed by atoms with Crippen LogP contribution in [0.25, 0.3) is 0 Å². The van der Waals surface area contributed by atoms with Gasteiger partial charge in [-0.1, -0.05) is 66.7 Å². The van der Waals surface area contributed by atoms with E-state index in [9.17, 15) is 0 Å². The normalized spacial score (nSPS) is 11.2. The van der Waals surface area contributed by atoms with Crippen LogP contribution in [0, 0.1) is 0 Å². The van der Waals surface area contributed by atoms with Gasteiger partial charge in [0.1, 0.15) is 17.1 Å². The minimum absolute atomic E-state index is 0.410. The SMILES string of the molecule is COc1ccc(C(OCc2ccc(N)cc2)(c2ccccc2)c2ccc(OC)cc2)cc1. The Morgan fingerprint density at radius 3 is 1.53 bits per heavy atom. The fraction of sp³-hybridized carbons (Fsp3) is 0.143. The summed E-state index contributed by atoms with van der Waals surface area (Å²) in [4.78, 5) is 0.